The maximum absolute atomic E-state index is 12.7. The second-order valence-electron chi connectivity index (χ2n) is 6.30. The van der Waals surface area contributed by atoms with Gasteiger partial charge in [-0.3, -0.25) is 19.3 Å². The highest BCUT2D eigenvalue weighted by Gasteiger charge is 2.28. The lowest BCUT2D eigenvalue weighted by atomic mass is 10.1. The van der Waals surface area contributed by atoms with E-state index in [0.29, 0.717) is 41.7 Å². The third-order valence-electron chi connectivity index (χ3n) is 4.60. The number of aliphatic hydroxyl groups excluding tert-OH is 1. The van der Waals surface area contributed by atoms with Crippen molar-refractivity contribution in [1.29, 1.82) is 0 Å². The van der Waals surface area contributed by atoms with Gasteiger partial charge in [0.25, 0.3) is 5.91 Å². The van der Waals surface area contributed by atoms with E-state index in [-0.39, 0.29) is 11.6 Å². The molecule has 0 saturated heterocycles. The van der Waals surface area contributed by atoms with Crippen molar-refractivity contribution in [1.82, 2.24) is 34.7 Å². The average molecular weight is 376 g/mol. The Kier molecular flexibility index (Phi) is 4.04. The molecule has 0 spiro atoms. The topological polar surface area (TPSA) is 105 Å². The molecule has 10 heteroatoms. The zero-order chi connectivity index (χ0) is 18.4. The first kappa shape index (κ1) is 16.8. The van der Waals surface area contributed by atoms with Crippen molar-refractivity contribution in [3.63, 3.8) is 0 Å². The quantitative estimate of drug-likeness (QED) is 0.711. The van der Waals surface area contributed by atoms with Crippen LogP contribution in [-0.2, 0) is 20.1 Å². The molecule has 1 amide bonds. The number of hydrogen-bond acceptors (Lipinski definition) is 5. The van der Waals surface area contributed by atoms with Crippen LogP contribution in [0.15, 0.2) is 18.3 Å². The second-order valence-corrected chi connectivity index (χ2v) is 6.68. The number of halogens is 1. The number of carbonyl (C=O) groups is 1. The standard InChI is InChI=1S/C16H18ClN7O2/c1-9-13(17)14(20-19-9)16(26)23-5-6-24-10(8-23)7-11(21-24)15(25)12-3-4-18-22(12)2/h3-4,7,15,25H,5-6,8H2,1-2H3,(H,19,20). The maximum Gasteiger partial charge on any atom is 0.276 e. The van der Waals surface area contributed by atoms with E-state index in [1.54, 1.807) is 35.8 Å². The largest absolute Gasteiger partial charge is 0.380 e. The molecule has 9 nitrogen and oxygen atoms in total. The van der Waals surface area contributed by atoms with E-state index < -0.39 is 6.10 Å². The third-order valence-corrected chi connectivity index (χ3v) is 5.06. The Balaban J connectivity index is 1.56. The number of fused-ring (bicyclic) bond motifs is 1. The van der Waals surface area contributed by atoms with Crippen LogP contribution in [0, 0.1) is 6.92 Å². The van der Waals surface area contributed by atoms with Gasteiger partial charge >= 0.3 is 0 Å². The summed E-state index contributed by atoms with van der Waals surface area (Å²) in [4.78, 5) is 14.4. The van der Waals surface area contributed by atoms with Gasteiger partial charge in [-0.1, -0.05) is 11.6 Å². The van der Waals surface area contributed by atoms with Crippen molar-refractivity contribution in [2.24, 2.45) is 7.05 Å². The molecule has 0 saturated carbocycles. The highest BCUT2D eigenvalue weighted by molar-refractivity contribution is 6.34. The number of aryl methyl sites for hydroxylation is 2. The van der Waals surface area contributed by atoms with Crippen LogP contribution in [0.1, 0.15) is 39.4 Å². The summed E-state index contributed by atoms with van der Waals surface area (Å²) >= 11 is 6.14. The molecule has 0 aliphatic carbocycles. The van der Waals surface area contributed by atoms with Crippen molar-refractivity contribution >= 4 is 17.5 Å². The minimum Gasteiger partial charge on any atom is -0.380 e. The first-order valence-corrected chi connectivity index (χ1v) is 8.56. The number of aliphatic hydroxyl groups is 1. The Morgan fingerprint density at radius 2 is 2.23 bits per heavy atom. The number of aromatic nitrogens is 6. The molecule has 2 N–H and O–H groups in total. The molecule has 0 aromatic carbocycles. The van der Waals surface area contributed by atoms with Gasteiger partial charge in [0.15, 0.2) is 5.69 Å². The number of nitrogens with one attached hydrogen (secondary N) is 1. The molecule has 136 valence electrons. The number of H-pyrrole nitrogens is 1. The van der Waals surface area contributed by atoms with Gasteiger partial charge in [0.1, 0.15) is 6.10 Å². The normalized spacial score (nSPS) is 15.2. The molecule has 0 radical (unpaired) electrons. The lowest BCUT2D eigenvalue weighted by Crippen LogP contribution is -2.38. The Morgan fingerprint density at radius 1 is 1.42 bits per heavy atom. The predicted molar refractivity (Wildman–Crippen MR) is 92.6 cm³/mol. The maximum atomic E-state index is 12.7. The summed E-state index contributed by atoms with van der Waals surface area (Å²) in [6.45, 7) is 3.19. The average Bonchev–Trinajstić information content (AvgIpc) is 3.33. The van der Waals surface area contributed by atoms with Crippen molar-refractivity contribution in [3.8, 4) is 0 Å². The molecule has 3 aromatic heterocycles. The number of aromatic amines is 1. The molecule has 1 atom stereocenters. The summed E-state index contributed by atoms with van der Waals surface area (Å²) in [5.74, 6) is -0.222. The van der Waals surface area contributed by atoms with E-state index in [0.717, 1.165) is 5.69 Å². The fourth-order valence-electron chi connectivity index (χ4n) is 3.11. The van der Waals surface area contributed by atoms with E-state index in [9.17, 15) is 9.90 Å². The molecule has 26 heavy (non-hydrogen) atoms. The SMILES string of the molecule is Cc1[nH]nc(C(=O)N2CCn3nc(C(O)c4ccnn4C)cc3C2)c1Cl. The summed E-state index contributed by atoms with van der Waals surface area (Å²) in [6.07, 6.45) is 0.762. The second kappa shape index (κ2) is 6.26. The van der Waals surface area contributed by atoms with Crippen molar-refractivity contribution in [2.75, 3.05) is 6.54 Å². The zero-order valence-electron chi connectivity index (χ0n) is 14.3. The van der Waals surface area contributed by atoms with Crippen molar-refractivity contribution in [3.05, 3.63) is 51.8 Å². The molecule has 1 aliphatic heterocycles. The molecule has 3 aromatic rings. The molecule has 4 heterocycles. The van der Waals surface area contributed by atoms with E-state index in [4.69, 9.17) is 11.6 Å². The number of carbonyl (C=O) groups excluding carboxylic acids is 1. The van der Waals surface area contributed by atoms with Crippen LogP contribution in [0.2, 0.25) is 5.02 Å². The first-order valence-electron chi connectivity index (χ1n) is 8.18. The number of rotatable bonds is 3. The summed E-state index contributed by atoms with van der Waals surface area (Å²) in [6, 6.07) is 3.56. The molecular formula is C16H18ClN7O2. The summed E-state index contributed by atoms with van der Waals surface area (Å²) in [7, 11) is 1.77. The Morgan fingerprint density at radius 3 is 2.88 bits per heavy atom. The number of amides is 1. The predicted octanol–water partition coefficient (Wildman–Crippen LogP) is 1.04. The van der Waals surface area contributed by atoms with Gasteiger partial charge < -0.3 is 10.0 Å². The van der Waals surface area contributed by atoms with Gasteiger partial charge in [-0.05, 0) is 19.1 Å². The first-order chi connectivity index (χ1) is 12.5. The van der Waals surface area contributed by atoms with Gasteiger partial charge in [0.2, 0.25) is 0 Å². The van der Waals surface area contributed by atoms with E-state index in [1.165, 1.54) is 0 Å². The molecule has 0 fully saturated rings. The van der Waals surface area contributed by atoms with Crippen LogP contribution in [0.3, 0.4) is 0 Å². The summed E-state index contributed by atoms with van der Waals surface area (Å²) in [5, 5.41) is 26.2. The van der Waals surface area contributed by atoms with Gasteiger partial charge in [0, 0.05) is 19.8 Å². The Bertz CT molecular complexity index is 973. The lowest BCUT2D eigenvalue weighted by molar-refractivity contribution is 0.0700. The minimum absolute atomic E-state index is 0.222. The summed E-state index contributed by atoms with van der Waals surface area (Å²) in [5.41, 5.74) is 2.94. The monoisotopic (exact) mass is 375 g/mol. The highest BCUT2D eigenvalue weighted by atomic mass is 35.5. The fraction of sp³-hybridized carbons (Fsp3) is 0.375. The van der Waals surface area contributed by atoms with Crippen LogP contribution in [0.4, 0.5) is 0 Å². The van der Waals surface area contributed by atoms with E-state index in [2.05, 4.69) is 20.4 Å². The Hall–Kier alpha value is -2.65. The van der Waals surface area contributed by atoms with Gasteiger partial charge in [0.05, 0.1) is 40.9 Å². The van der Waals surface area contributed by atoms with Crippen molar-refractivity contribution in [2.45, 2.75) is 26.1 Å². The number of hydrogen-bond donors (Lipinski definition) is 2. The van der Waals surface area contributed by atoms with Gasteiger partial charge in [-0.15, -0.1) is 0 Å². The molecule has 1 aliphatic rings. The fourth-order valence-corrected chi connectivity index (χ4v) is 3.27. The van der Waals surface area contributed by atoms with Gasteiger partial charge in [-0.25, -0.2) is 0 Å². The van der Waals surface area contributed by atoms with Crippen LogP contribution >= 0.6 is 11.6 Å². The van der Waals surface area contributed by atoms with Crippen LogP contribution in [-0.4, -0.2) is 52.2 Å². The molecule has 1 unspecified atom stereocenters. The smallest absolute Gasteiger partial charge is 0.276 e. The minimum atomic E-state index is -0.867. The number of nitrogens with zero attached hydrogens (tertiary/aromatic N) is 6. The molecule has 0 bridgehead atoms. The van der Waals surface area contributed by atoms with E-state index >= 15 is 0 Å². The van der Waals surface area contributed by atoms with Gasteiger partial charge in [-0.2, -0.15) is 15.3 Å². The van der Waals surface area contributed by atoms with Crippen LogP contribution in [0.5, 0.6) is 0 Å². The van der Waals surface area contributed by atoms with Crippen molar-refractivity contribution < 1.29 is 9.90 Å². The molecular weight excluding hydrogens is 358 g/mol. The zero-order valence-corrected chi connectivity index (χ0v) is 15.1. The molecule has 4 rings (SSSR count). The van der Waals surface area contributed by atoms with E-state index in [1.807, 2.05) is 10.7 Å². The Labute approximate surface area is 154 Å². The highest BCUT2D eigenvalue weighted by Crippen LogP contribution is 2.25. The summed E-state index contributed by atoms with van der Waals surface area (Å²) < 4.78 is 3.43. The lowest BCUT2D eigenvalue weighted by Gasteiger charge is -2.27. The van der Waals surface area contributed by atoms with Crippen LogP contribution < -0.4 is 0 Å². The third kappa shape index (κ3) is 2.69. The van der Waals surface area contributed by atoms with Crippen LogP contribution in [0.25, 0.3) is 0 Å².